The predicted octanol–water partition coefficient (Wildman–Crippen LogP) is 1.44. The van der Waals surface area contributed by atoms with E-state index in [9.17, 15) is 14.4 Å². The SMILES string of the molecule is C#CC(=O)N1CC=C(c2ccc(NC(=O)NC(=NC)/N=C(\N)Nc3ccc(C(=O)NC)cc3)cc2)C1. The molecule has 11 nitrogen and oxygen atoms in total. The van der Waals surface area contributed by atoms with Crippen LogP contribution in [0.1, 0.15) is 15.9 Å². The van der Waals surface area contributed by atoms with Crippen LogP contribution >= 0.6 is 0 Å². The average Bonchev–Trinajstić information content (AvgIpc) is 3.38. The first kappa shape index (κ1) is 25.5. The monoisotopic (exact) mass is 486 g/mol. The second-order valence-corrected chi connectivity index (χ2v) is 7.54. The van der Waals surface area contributed by atoms with Gasteiger partial charge in [-0.2, -0.15) is 4.99 Å². The highest BCUT2D eigenvalue weighted by molar-refractivity contribution is 6.08. The van der Waals surface area contributed by atoms with Gasteiger partial charge >= 0.3 is 6.03 Å². The van der Waals surface area contributed by atoms with Gasteiger partial charge in [0.2, 0.25) is 11.9 Å². The van der Waals surface area contributed by atoms with Crippen LogP contribution in [0.5, 0.6) is 0 Å². The van der Waals surface area contributed by atoms with Crippen molar-refractivity contribution in [2.45, 2.75) is 0 Å². The summed E-state index contributed by atoms with van der Waals surface area (Å²) in [7, 11) is 3.01. The zero-order chi connectivity index (χ0) is 26.1. The Morgan fingerprint density at radius 3 is 2.28 bits per heavy atom. The first-order chi connectivity index (χ1) is 17.3. The smallest absolute Gasteiger partial charge is 0.326 e. The number of anilines is 2. The highest BCUT2D eigenvalue weighted by atomic mass is 16.2. The third-order valence-corrected chi connectivity index (χ3v) is 5.15. The van der Waals surface area contributed by atoms with Crippen LogP contribution in [0, 0.1) is 12.3 Å². The van der Waals surface area contributed by atoms with Crippen molar-refractivity contribution in [1.82, 2.24) is 15.5 Å². The van der Waals surface area contributed by atoms with Gasteiger partial charge in [-0.15, -0.1) is 6.42 Å². The number of nitrogens with zero attached hydrogens (tertiary/aromatic N) is 3. The Labute approximate surface area is 208 Å². The Morgan fingerprint density at radius 1 is 1.03 bits per heavy atom. The Hall–Kier alpha value is -5.11. The quantitative estimate of drug-likeness (QED) is 0.251. The zero-order valence-electron chi connectivity index (χ0n) is 19.8. The molecule has 0 bridgehead atoms. The van der Waals surface area contributed by atoms with E-state index in [0.717, 1.165) is 11.1 Å². The number of carbonyl (C=O) groups excluding carboxylic acids is 3. The fraction of sp³-hybridized carbons (Fsp3) is 0.160. The second kappa shape index (κ2) is 11.8. The summed E-state index contributed by atoms with van der Waals surface area (Å²) in [5.74, 6) is 1.56. The number of aliphatic imine (C=N–C) groups is 2. The molecule has 0 saturated carbocycles. The zero-order valence-corrected chi connectivity index (χ0v) is 19.8. The Balaban J connectivity index is 1.54. The van der Waals surface area contributed by atoms with Crippen molar-refractivity contribution in [3.8, 4) is 12.3 Å². The normalized spacial score (nSPS) is 13.4. The summed E-state index contributed by atoms with van der Waals surface area (Å²) < 4.78 is 0. The molecular formula is C25H26N8O3. The van der Waals surface area contributed by atoms with Crippen molar-refractivity contribution in [1.29, 1.82) is 0 Å². The molecule has 1 heterocycles. The largest absolute Gasteiger partial charge is 0.369 e. The van der Waals surface area contributed by atoms with Crippen LogP contribution < -0.4 is 27.0 Å². The summed E-state index contributed by atoms with van der Waals surface area (Å²) in [6.45, 7) is 0.915. The number of amides is 4. The number of nitrogens with one attached hydrogen (secondary N) is 4. The van der Waals surface area contributed by atoms with Crippen LogP contribution in [-0.2, 0) is 4.79 Å². The maximum Gasteiger partial charge on any atom is 0.326 e. The predicted molar refractivity (Wildman–Crippen MR) is 140 cm³/mol. The number of benzene rings is 2. The fourth-order valence-electron chi connectivity index (χ4n) is 3.31. The molecule has 0 aliphatic carbocycles. The van der Waals surface area contributed by atoms with Crippen molar-refractivity contribution in [2.24, 2.45) is 15.7 Å². The third kappa shape index (κ3) is 6.71. The molecule has 11 heteroatoms. The van der Waals surface area contributed by atoms with E-state index in [0.29, 0.717) is 30.0 Å². The lowest BCUT2D eigenvalue weighted by Gasteiger charge is -2.13. The van der Waals surface area contributed by atoms with Gasteiger partial charge in [0.25, 0.3) is 11.8 Å². The highest BCUT2D eigenvalue weighted by Gasteiger charge is 2.19. The first-order valence-corrected chi connectivity index (χ1v) is 10.9. The number of rotatable bonds is 4. The van der Waals surface area contributed by atoms with E-state index in [1.807, 2.05) is 18.2 Å². The van der Waals surface area contributed by atoms with Crippen LogP contribution in [0.2, 0.25) is 0 Å². The Bertz CT molecular complexity index is 1270. The van der Waals surface area contributed by atoms with E-state index in [2.05, 4.69) is 37.2 Å². The number of hydrogen-bond acceptors (Lipinski definition) is 4. The van der Waals surface area contributed by atoms with Crippen molar-refractivity contribution in [2.75, 3.05) is 37.8 Å². The van der Waals surface area contributed by atoms with E-state index in [-0.39, 0.29) is 23.7 Å². The lowest BCUT2D eigenvalue weighted by Crippen LogP contribution is -2.35. The number of nitrogens with two attached hydrogens (primary N) is 1. The van der Waals surface area contributed by atoms with Gasteiger partial charge in [0.15, 0.2) is 0 Å². The highest BCUT2D eigenvalue weighted by Crippen LogP contribution is 2.22. The Kier molecular flexibility index (Phi) is 8.40. The molecule has 0 unspecified atom stereocenters. The molecule has 3 rings (SSSR count). The Morgan fingerprint density at radius 2 is 1.67 bits per heavy atom. The molecule has 4 amide bonds. The molecule has 0 spiro atoms. The van der Waals surface area contributed by atoms with Gasteiger partial charge in [-0.1, -0.05) is 18.2 Å². The maximum atomic E-state index is 12.4. The standard InChI is InChI=1S/C25H26N8O3/c1-4-21(34)33-14-13-18(15-33)16-5-9-20(10-6-16)30-25(36)32-24(28-3)31-23(26)29-19-11-7-17(8-12-19)22(35)27-2/h1,5-13H,14-15H2,2-3H3,(H,27,35)(H5,26,28,29,30,31,32,36). The van der Waals surface area contributed by atoms with Gasteiger partial charge in [-0.3, -0.25) is 19.9 Å². The average molecular weight is 487 g/mol. The topological polar surface area (TPSA) is 153 Å². The molecule has 1 aliphatic rings. The number of hydrogen-bond donors (Lipinski definition) is 5. The minimum absolute atomic E-state index is 0.00450. The molecule has 36 heavy (non-hydrogen) atoms. The number of carbonyl (C=O) groups is 3. The molecule has 0 atom stereocenters. The third-order valence-electron chi connectivity index (χ3n) is 5.15. The molecule has 0 radical (unpaired) electrons. The molecule has 6 N–H and O–H groups in total. The maximum absolute atomic E-state index is 12.4. The van der Waals surface area contributed by atoms with E-state index in [1.165, 1.54) is 7.05 Å². The second-order valence-electron chi connectivity index (χ2n) is 7.54. The lowest BCUT2D eigenvalue weighted by atomic mass is 10.1. The molecule has 0 aromatic heterocycles. The van der Waals surface area contributed by atoms with E-state index < -0.39 is 6.03 Å². The van der Waals surface area contributed by atoms with Crippen molar-refractivity contribution < 1.29 is 14.4 Å². The van der Waals surface area contributed by atoms with Gasteiger partial charge < -0.3 is 26.6 Å². The van der Waals surface area contributed by atoms with Crippen LogP contribution in [0.15, 0.2) is 64.6 Å². The van der Waals surface area contributed by atoms with Crippen molar-refractivity contribution >= 4 is 46.7 Å². The fourth-order valence-corrected chi connectivity index (χ4v) is 3.31. The van der Waals surface area contributed by atoms with Gasteiger partial charge in [-0.05, 0) is 53.5 Å². The minimum Gasteiger partial charge on any atom is -0.369 e. The lowest BCUT2D eigenvalue weighted by molar-refractivity contribution is -0.123. The molecule has 0 fully saturated rings. The molecular weight excluding hydrogens is 460 g/mol. The summed E-state index contributed by atoms with van der Waals surface area (Å²) in [5.41, 5.74) is 9.48. The van der Waals surface area contributed by atoms with E-state index >= 15 is 0 Å². The van der Waals surface area contributed by atoms with Crippen molar-refractivity contribution in [3.63, 3.8) is 0 Å². The summed E-state index contributed by atoms with van der Waals surface area (Å²) in [6.07, 6.45) is 7.12. The summed E-state index contributed by atoms with van der Waals surface area (Å²) >= 11 is 0. The minimum atomic E-state index is -0.555. The van der Waals surface area contributed by atoms with Crippen LogP contribution in [-0.4, -0.2) is 61.8 Å². The summed E-state index contributed by atoms with van der Waals surface area (Å²) in [4.78, 5) is 45.2. The van der Waals surface area contributed by atoms with Crippen LogP contribution in [0.25, 0.3) is 5.57 Å². The number of urea groups is 1. The van der Waals surface area contributed by atoms with Crippen LogP contribution in [0.4, 0.5) is 16.2 Å². The van der Waals surface area contributed by atoms with E-state index in [1.54, 1.807) is 48.3 Å². The van der Waals surface area contributed by atoms with Crippen molar-refractivity contribution in [3.05, 3.63) is 65.7 Å². The summed E-state index contributed by atoms with van der Waals surface area (Å²) in [5, 5.41) is 10.6. The molecule has 2 aromatic rings. The van der Waals surface area contributed by atoms with E-state index in [4.69, 9.17) is 12.2 Å². The molecule has 184 valence electrons. The summed E-state index contributed by atoms with van der Waals surface area (Å²) in [6, 6.07) is 13.2. The van der Waals surface area contributed by atoms with Crippen LogP contribution in [0.3, 0.4) is 0 Å². The van der Waals surface area contributed by atoms with Gasteiger partial charge in [0.05, 0.1) is 0 Å². The molecule has 0 saturated heterocycles. The molecule has 2 aromatic carbocycles. The van der Waals surface area contributed by atoms with Gasteiger partial charge in [0, 0.05) is 44.1 Å². The van der Waals surface area contributed by atoms with Gasteiger partial charge in [-0.25, -0.2) is 4.79 Å². The number of terminal acetylenes is 1. The first-order valence-electron chi connectivity index (χ1n) is 10.9. The molecule has 1 aliphatic heterocycles. The number of guanidine groups is 2. The van der Waals surface area contributed by atoms with Gasteiger partial charge in [0.1, 0.15) is 0 Å².